The summed E-state index contributed by atoms with van der Waals surface area (Å²) in [6.07, 6.45) is -3.80. The van der Waals surface area contributed by atoms with Gasteiger partial charge in [-0.15, -0.1) is 0 Å². The number of alkyl halides is 3. The van der Waals surface area contributed by atoms with Crippen LogP contribution in [0.2, 0.25) is 5.15 Å². The van der Waals surface area contributed by atoms with E-state index < -0.39 is 11.7 Å². The largest absolute Gasteiger partial charge is 0.417 e. The molecule has 8 heteroatoms. The number of anilines is 1. The van der Waals surface area contributed by atoms with Crippen LogP contribution in [0.4, 0.5) is 19.0 Å². The summed E-state index contributed by atoms with van der Waals surface area (Å²) in [5.41, 5.74) is 5.03. The Morgan fingerprint density at radius 1 is 1.33 bits per heavy atom. The van der Waals surface area contributed by atoms with Crippen molar-refractivity contribution in [2.24, 2.45) is 7.05 Å². The van der Waals surface area contributed by atoms with Crippen LogP contribution in [0, 0.1) is 0 Å². The van der Waals surface area contributed by atoms with Gasteiger partial charge in [0.1, 0.15) is 11.0 Å². The van der Waals surface area contributed by atoms with Crippen LogP contribution in [-0.4, -0.2) is 14.8 Å². The monoisotopic (exact) mass is 276 g/mol. The number of nitrogen functional groups attached to an aromatic ring is 1. The van der Waals surface area contributed by atoms with Gasteiger partial charge in [0.2, 0.25) is 0 Å². The Balaban J connectivity index is 2.56. The van der Waals surface area contributed by atoms with Gasteiger partial charge in [0, 0.05) is 24.9 Å². The molecule has 4 nitrogen and oxygen atoms in total. The summed E-state index contributed by atoms with van der Waals surface area (Å²) < 4.78 is 39.0. The summed E-state index contributed by atoms with van der Waals surface area (Å²) in [5.74, 6) is 0.318. The molecule has 2 aromatic heterocycles. The molecule has 18 heavy (non-hydrogen) atoms. The van der Waals surface area contributed by atoms with Crippen molar-refractivity contribution in [1.29, 1.82) is 0 Å². The van der Waals surface area contributed by atoms with Crippen LogP contribution in [0.15, 0.2) is 18.3 Å². The number of hydrogen-bond acceptors (Lipinski definition) is 3. The molecular weight excluding hydrogens is 269 g/mol. The van der Waals surface area contributed by atoms with E-state index in [0.29, 0.717) is 12.0 Å². The van der Waals surface area contributed by atoms with Crippen molar-refractivity contribution >= 4 is 17.4 Å². The lowest BCUT2D eigenvalue weighted by atomic mass is 10.1. The lowest BCUT2D eigenvalue weighted by Crippen LogP contribution is -2.06. The smallest absolute Gasteiger partial charge is 0.384 e. The Bertz CT molecular complexity index is 572. The molecule has 0 saturated carbocycles. The summed E-state index contributed by atoms with van der Waals surface area (Å²) in [4.78, 5) is 3.52. The second kappa shape index (κ2) is 4.16. The number of nitrogens with two attached hydrogens (primary N) is 1. The van der Waals surface area contributed by atoms with Crippen LogP contribution in [0.5, 0.6) is 0 Å². The number of pyridine rings is 1. The maximum absolute atomic E-state index is 12.6. The van der Waals surface area contributed by atoms with Crippen LogP contribution in [0.25, 0.3) is 11.3 Å². The zero-order valence-corrected chi connectivity index (χ0v) is 9.92. The Hall–Kier alpha value is -1.76. The van der Waals surface area contributed by atoms with E-state index in [1.165, 1.54) is 10.7 Å². The first-order valence-electron chi connectivity index (χ1n) is 4.81. The van der Waals surface area contributed by atoms with Gasteiger partial charge in [-0.3, -0.25) is 4.68 Å². The topological polar surface area (TPSA) is 56.7 Å². The van der Waals surface area contributed by atoms with Gasteiger partial charge in [-0.1, -0.05) is 11.6 Å². The molecule has 0 aliphatic heterocycles. The van der Waals surface area contributed by atoms with Gasteiger partial charge >= 0.3 is 6.18 Å². The molecule has 2 rings (SSSR count). The summed E-state index contributed by atoms with van der Waals surface area (Å²) in [6.45, 7) is 0. The molecule has 0 amide bonds. The molecule has 2 heterocycles. The maximum atomic E-state index is 12.6. The minimum Gasteiger partial charge on any atom is -0.384 e. The number of nitrogens with zero attached hydrogens (tertiary/aromatic N) is 3. The van der Waals surface area contributed by atoms with E-state index >= 15 is 0 Å². The molecule has 0 aromatic carbocycles. The number of halogens is 4. The summed E-state index contributed by atoms with van der Waals surface area (Å²) >= 11 is 5.77. The van der Waals surface area contributed by atoms with Gasteiger partial charge in [-0.05, 0) is 6.07 Å². The molecule has 0 bridgehead atoms. The van der Waals surface area contributed by atoms with Gasteiger partial charge in [0.25, 0.3) is 0 Å². The lowest BCUT2D eigenvalue weighted by Gasteiger charge is -2.08. The number of aryl methyl sites for hydroxylation is 1. The van der Waals surface area contributed by atoms with Crippen LogP contribution < -0.4 is 5.73 Å². The Morgan fingerprint density at radius 3 is 2.50 bits per heavy atom. The van der Waals surface area contributed by atoms with Crippen LogP contribution >= 0.6 is 11.6 Å². The van der Waals surface area contributed by atoms with E-state index in [0.717, 1.165) is 6.07 Å². The molecule has 2 N–H and O–H groups in total. The van der Waals surface area contributed by atoms with E-state index in [2.05, 4.69) is 10.1 Å². The minimum absolute atomic E-state index is 0.0545. The predicted molar refractivity (Wildman–Crippen MR) is 60.9 cm³/mol. The van der Waals surface area contributed by atoms with Crippen LogP contribution in [0.1, 0.15) is 5.56 Å². The van der Waals surface area contributed by atoms with Gasteiger partial charge in [-0.25, -0.2) is 4.98 Å². The fourth-order valence-corrected chi connectivity index (χ4v) is 1.60. The summed E-state index contributed by atoms with van der Waals surface area (Å²) in [6, 6.07) is 2.33. The highest BCUT2D eigenvalue weighted by atomic mass is 35.5. The van der Waals surface area contributed by atoms with Gasteiger partial charge < -0.3 is 5.73 Å². The lowest BCUT2D eigenvalue weighted by molar-refractivity contribution is -0.137. The van der Waals surface area contributed by atoms with Crippen molar-refractivity contribution in [1.82, 2.24) is 14.8 Å². The first-order chi connectivity index (χ1) is 8.29. The minimum atomic E-state index is -4.48. The SMILES string of the molecule is Cn1nc(-c2cc(C(F)(F)F)cnc2Cl)cc1N. The molecule has 0 saturated heterocycles. The van der Waals surface area contributed by atoms with Crippen molar-refractivity contribution in [2.75, 3.05) is 5.73 Å². The van der Waals surface area contributed by atoms with Crippen LogP contribution in [0.3, 0.4) is 0 Å². The molecule has 0 aliphatic rings. The van der Waals surface area contributed by atoms with Crippen LogP contribution in [-0.2, 0) is 13.2 Å². The van der Waals surface area contributed by atoms with E-state index in [9.17, 15) is 13.2 Å². The molecule has 0 radical (unpaired) electrons. The van der Waals surface area contributed by atoms with Crippen molar-refractivity contribution in [3.63, 3.8) is 0 Å². The second-order valence-electron chi connectivity index (χ2n) is 3.64. The quantitative estimate of drug-likeness (QED) is 0.815. The normalized spacial score (nSPS) is 11.8. The molecule has 2 aromatic rings. The van der Waals surface area contributed by atoms with E-state index in [1.54, 1.807) is 7.05 Å². The first kappa shape index (κ1) is 12.7. The molecule has 96 valence electrons. The van der Waals surface area contributed by atoms with E-state index in [4.69, 9.17) is 17.3 Å². The average Bonchev–Trinajstić information content (AvgIpc) is 2.58. The van der Waals surface area contributed by atoms with Crippen molar-refractivity contribution in [2.45, 2.75) is 6.18 Å². The zero-order valence-electron chi connectivity index (χ0n) is 9.16. The highest BCUT2D eigenvalue weighted by Crippen LogP contribution is 2.34. The average molecular weight is 277 g/mol. The molecule has 0 unspecified atom stereocenters. The van der Waals surface area contributed by atoms with Gasteiger partial charge in [0.15, 0.2) is 0 Å². The van der Waals surface area contributed by atoms with Crippen molar-refractivity contribution in [3.8, 4) is 11.3 Å². The molecular formula is C10H8ClF3N4. The molecule has 0 spiro atoms. The fraction of sp³-hybridized carbons (Fsp3) is 0.200. The molecule has 0 atom stereocenters. The van der Waals surface area contributed by atoms with Crippen molar-refractivity contribution < 1.29 is 13.2 Å². The standard InChI is InChI=1S/C10H8ClF3N4/c1-18-8(15)3-7(17-18)6-2-5(10(12,13)14)4-16-9(6)11/h2-4H,15H2,1H3. The Labute approximate surface area is 105 Å². The van der Waals surface area contributed by atoms with Gasteiger partial charge in [0.05, 0.1) is 11.3 Å². The zero-order chi connectivity index (χ0) is 13.5. The highest BCUT2D eigenvalue weighted by molar-refractivity contribution is 6.32. The first-order valence-corrected chi connectivity index (χ1v) is 5.19. The third kappa shape index (κ3) is 2.26. The van der Waals surface area contributed by atoms with E-state index in [1.807, 2.05) is 0 Å². The third-order valence-corrected chi connectivity index (χ3v) is 2.66. The number of hydrogen-bond donors (Lipinski definition) is 1. The number of aromatic nitrogens is 3. The predicted octanol–water partition coefficient (Wildman–Crippen LogP) is 2.74. The highest BCUT2D eigenvalue weighted by Gasteiger charge is 2.32. The Kier molecular flexibility index (Phi) is 2.94. The van der Waals surface area contributed by atoms with Crippen molar-refractivity contribution in [3.05, 3.63) is 29.0 Å². The second-order valence-corrected chi connectivity index (χ2v) is 4.00. The molecule has 0 fully saturated rings. The van der Waals surface area contributed by atoms with E-state index in [-0.39, 0.29) is 16.4 Å². The summed E-state index contributed by atoms with van der Waals surface area (Å²) in [5, 5.41) is 3.91. The number of rotatable bonds is 1. The Morgan fingerprint density at radius 2 is 2.00 bits per heavy atom. The third-order valence-electron chi connectivity index (χ3n) is 2.36. The van der Waals surface area contributed by atoms with Gasteiger partial charge in [-0.2, -0.15) is 18.3 Å². The molecule has 0 aliphatic carbocycles. The fourth-order valence-electron chi connectivity index (χ4n) is 1.40. The summed E-state index contributed by atoms with van der Waals surface area (Å²) in [7, 11) is 1.58. The maximum Gasteiger partial charge on any atom is 0.417 e.